The fourth-order valence-corrected chi connectivity index (χ4v) is 2.99. The van der Waals surface area contributed by atoms with Crippen LogP contribution in [0.25, 0.3) is 0 Å². The van der Waals surface area contributed by atoms with Crippen molar-refractivity contribution in [1.82, 2.24) is 5.32 Å². The van der Waals surface area contributed by atoms with Crippen molar-refractivity contribution in [3.63, 3.8) is 0 Å². The maximum atomic E-state index is 6.16. The molecule has 20 heavy (non-hydrogen) atoms. The molecule has 110 valence electrons. The second-order valence-corrected chi connectivity index (χ2v) is 5.55. The van der Waals surface area contributed by atoms with Gasteiger partial charge in [-0.1, -0.05) is 12.1 Å². The van der Waals surface area contributed by atoms with Gasteiger partial charge in [0.1, 0.15) is 6.10 Å². The number of ether oxygens (including phenoxy) is 3. The molecule has 1 aromatic carbocycles. The van der Waals surface area contributed by atoms with Gasteiger partial charge >= 0.3 is 0 Å². The Morgan fingerprint density at radius 2 is 2.30 bits per heavy atom. The van der Waals surface area contributed by atoms with Crippen LogP contribution in [0.4, 0.5) is 0 Å². The van der Waals surface area contributed by atoms with Gasteiger partial charge in [0.05, 0.1) is 20.3 Å². The van der Waals surface area contributed by atoms with Gasteiger partial charge < -0.3 is 19.5 Å². The Balaban J connectivity index is 1.79. The Kier molecular flexibility index (Phi) is 4.43. The molecule has 2 heterocycles. The number of methoxy groups -OCH3 is 1. The van der Waals surface area contributed by atoms with Crippen molar-refractivity contribution >= 4 is 0 Å². The molecule has 1 aromatic rings. The molecule has 4 nitrogen and oxygen atoms in total. The minimum atomic E-state index is 0.154. The predicted octanol–water partition coefficient (Wildman–Crippen LogP) is 2.16. The van der Waals surface area contributed by atoms with Crippen LogP contribution in [-0.4, -0.2) is 39.0 Å². The van der Waals surface area contributed by atoms with Crippen LogP contribution in [0.5, 0.6) is 11.5 Å². The highest BCUT2D eigenvalue weighted by Gasteiger charge is 2.23. The highest BCUT2D eigenvalue weighted by atomic mass is 16.6. The predicted molar refractivity (Wildman–Crippen MR) is 77.6 cm³/mol. The lowest BCUT2D eigenvalue weighted by molar-refractivity contribution is 0.138. The molecular formula is C16H23NO3. The van der Waals surface area contributed by atoms with Gasteiger partial charge in [0.25, 0.3) is 0 Å². The van der Waals surface area contributed by atoms with Gasteiger partial charge in [0.15, 0.2) is 11.5 Å². The van der Waals surface area contributed by atoms with E-state index in [-0.39, 0.29) is 6.10 Å². The molecule has 0 aromatic heterocycles. The van der Waals surface area contributed by atoms with Crippen molar-refractivity contribution < 1.29 is 14.2 Å². The lowest BCUT2D eigenvalue weighted by Crippen LogP contribution is -2.24. The second-order valence-electron chi connectivity index (χ2n) is 5.55. The number of rotatable bonds is 5. The SMILES string of the molecule is COc1cccc(CC2CCCN2)c1OC1CCOC1. The number of hydrogen-bond donors (Lipinski definition) is 1. The maximum absolute atomic E-state index is 6.16. The average molecular weight is 277 g/mol. The summed E-state index contributed by atoms with van der Waals surface area (Å²) in [7, 11) is 1.70. The first-order valence-electron chi connectivity index (χ1n) is 7.50. The van der Waals surface area contributed by atoms with E-state index in [0.717, 1.165) is 37.5 Å². The largest absolute Gasteiger partial charge is 0.493 e. The lowest BCUT2D eigenvalue weighted by atomic mass is 10.0. The minimum absolute atomic E-state index is 0.154. The number of nitrogens with one attached hydrogen (secondary N) is 1. The molecule has 0 radical (unpaired) electrons. The van der Waals surface area contributed by atoms with Crippen molar-refractivity contribution in [3.05, 3.63) is 23.8 Å². The highest BCUT2D eigenvalue weighted by molar-refractivity contribution is 5.47. The molecular weight excluding hydrogens is 254 g/mol. The first-order chi connectivity index (χ1) is 9.86. The molecule has 3 rings (SSSR count). The van der Waals surface area contributed by atoms with E-state index in [1.165, 1.54) is 18.4 Å². The zero-order valence-electron chi connectivity index (χ0n) is 12.1. The van der Waals surface area contributed by atoms with Crippen molar-refractivity contribution in [3.8, 4) is 11.5 Å². The Bertz CT molecular complexity index is 437. The molecule has 2 fully saturated rings. The van der Waals surface area contributed by atoms with E-state index >= 15 is 0 Å². The van der Waals surface area contributed by atoms with Crippen LogP contribution < -0.4 is 14.8 Å². The quantitative estimate of drug-likeness (QED) is 0.895. The minimum Gasteiger partial charge on any atom is -0.493 e. The van der Waals surface area contributed by atoms with Gasteiger partial charge in [-0.15, -0.1) is 0 Å². The fourth-order valence-electron chi connectivity index (χ4n) is 2.99. The third-order valence-electron chi connectivity index (χ3n) is 4.08. The molecule has 0 bridgehead atoms. The van der Waals surface area contributed by atoms with Crippen molar-refractivity contribution in [2.45, 2.75) is 37.8 Å². The lowest BCUT2D eigenvalue weighted by Gasteiger charge is -2.20. The van der Waals surface area contributed by atoms with Crippen LogP contribution in [0.2, 0.25) is 0 Å². The number of benzene rings is 1. The van der Waals surface area contributed by atoms with Crippen LogP contribution in [0, 0.1) is 0 Å². The first kappa shape index (κ1) is 13.7. The molecule has 2 saturated heterocycles. The van der Waals surface area contributed by atoms with Gasteiger partial charge in [-0.25, -0.2) is 0 Å². The molecule has 4 heteroatoms. The van der Waals surface area contributed by atoms with E-state index in [1.807, 2.05) is 12.1 Å². The monoisotopic (exact) mass is 277 g/mol. The zero-order chi connectivity index (χ0) is 13.8. The standard InChI is InChI=1S/C16H23NO3/c1-18-15-6-2-4-12(10-13-5-3-8-17-13)16(15)20-14-7-9-19-11-14/h2,4,6,13-14,17H,3,5,7-11H2,1H3. The van der Waals surface area contributed by atoms with Crippen LogP contribution in [-0.2, 0) is 11.2 Å². The van der Waals surface area contributed by atoms with Crippen LogP contribution in [0.1, 0.15) is 24.8 Å². The molecule has 0 amide bonds. The summed E-state index contributed by atoms with van der Waals surface area (Å²) >= 11 is 0. The topological polar surface area (TPSA) is 39.7 Å². The molecule has 0 spiro atoms. The van der Waals surface area contributed by atoms with E-state index in [1.54, 1.807) is 7.11 Å². The maximum Gasteiger partial charge on any atom is 0.164 e. The van der Waals surface area contributed by atoms with Gasteiger partial charge in [0, 0.05) is 12.5 Å². The normalized spacial score (nSPS) is 25.9. The second kappa shape index (κ2) is 6.46. The smallest absolute Gasteiger partial charge is 0.164 e. The Morgan fingerprint density at radius 1 is 1.35 bits per heavy atom. The Hall–Kier alpha value is -1.26. The highest BCUT2D eigenvalue weighted by Crippen LogP contribution is 2.34. The van der Waals surface area contributed by atoms with Crippen LogP contribution >= 0.6 is 0 Å². The van der Waals surface area contributed by atoms with Gasteiger partial charge in [0.2, 0.25) is 0 Å². The van der Waals surface area contributed by atoms with Crippen molar-refractivity contribution in [2.24, 2.45) is 0 Å². The summed E-state index contributed by atoms with van der Waals surface area (Å²) in [5, 5.41) is 3.54. The van der Waals surface area contributed by atoms with E-state index in [4.69, 9.17) is 14.2 Å². The molecule has 2 aliphatic heterocycles. The summed E-state index contributed by atoms with van der Waals surface area (Å²) in [5.41, 5.74) is 1.23. The zero-order valence-corrected chi connectivity index (χ0v) is 12.1. The summed E-state index contributed by atoms with van der Waals surface area (Å²) in [6.45, 7) is 2.60. The first-order valence-corrected chi connectivity index (χ1v) is 7.50. The summed E-state index contributed by atoms with van der Waals surface area (Å²) in [5.74, 6) is 1.73. The van der Waals surface area contributed by atoms with Gasteiger partial charge in [-0.05, 0) is 37.4 Å². The van der Waals surface area contributed by atoms with Crippen LogP contribution in [0.15, 0.2) is 18.2 Å². The average Bonchev–Trinajstić information content (AvgIpc) is 3.14. The van der Waals surface area contributed by atoms with Crippen LogP contribution in [0.3, 0.4) is 0 Å². The van der Waals surface area contributed by atoms with Crippen molar-refractivity contribution in [2.75, 3.05) is 26.9 Å². The summed E-state index contributed by atoms with van der Waals surface area (Å²) < 4.78 is 17.0. The summed E-state index contributed by atoms with van der Waals surface area (Å²) in [6, 6.07) is 6.72. The molecule has 2 aliphatic rings. The molecule has 2 atom stereocenters. The summed E-state index contributed by atoms with van der Waals surface area (Å²) in [6.07, 6.45) is 4.62. The molecule has 0 aliphatic carbocycles. The Morgan fingerprint density at radius 3 is 3.00 bits per heavy atom. The Labute approximate surface area is 120 Å². The summed E-state index contributed by atoms with van der Waals surface area (Å²) in [4.78, 5) is 0. The van der Waals surface area contributed by atoms with Gasteiger partial charge in [-0.3, -0.25) is 0 Å². The number of hydrogen-bond acceptors (Lipinski definition) is 4. The molecule has 1 N–H and O–H groups in total. The third-order valence-corrected chi connectivity index (χ3v) is 4.08. The van der Waals surface area contributed by atoms with E-state index < -0.39 is 0 Å². The van der Waals surface area contributed by atoms with Crippen molar-refractivity contribution in [1.29, 1.82) is 0 Å². The van der Waals surface area contributed by atoms with E-state index in [9.17, 15) is 0 Å². The van der Waals surface area contributed by atoms with E-state index in [0.29, 0.717) is 12.6 Å². The van der Waals surface area contributed by atoms with E-state index in [2.05, 4.69) is 11.4 Å². The number of para-hydroxylation sites is 1. The van der Waals surface area contributed by atoms with Gasteiger partial charge in [-0.2, -0.15) is 0 Å². The fraction of sp³-hybridized carbons (Fsp3) is 0.625. The third kappa shape index (κ3) is 3.07. The molecule has 0 saturated carbocycles. The molecule has 2 unspecified atom stereocenters.